The average Bonchev–Trinajstić information content (AvgIpc) is 2.38. The van der Waals surface area contributed by atoms with E-state index in [1.807, 2.05) is 0 Å². The van der Waals surface area contributed by atoms with E-state index in [2.05, 4.69) is 63.5 Å². The molecule has 1 atom stereocenters. The Bertz CT molecular complexity index is 389. The minimum Gasteiger partial charge on any atom is -0.383 e. The molecule has 0 bridgehead atoms. The van der Waals surface area contributed by atoms with Crippen LogP contribution in [0.15, 0.2) is 22.7 Å². The van der Waals surface area contributed by atoms with Crippen molar-refractivity contribution >= 4 is 21.6 Å². The van der Waals surface area contributed by atoms with Crippen LogP contribution in [-0.4, -0.2) is 43.7 Å². The van der Waals surface area contributed by atoms with E-state index in [4.69, 9.17) is 0 Å². The topological polar surface area (TPSA) is 27.3 Å². The third kappa shape index (κ3) is 3.70. The van der Waals surface area contributed by atoms with Gasteiger partial charge in [-0.25, -0.2) is 0 Å². The second kappa shape index (κ2) is 6.55. The highest BCUT2D eigenvalue weighted by molar-refractivity contribution is 9.10. The van der Waals surface area contributed by atoms with Crippen molar-refractivity contribution in [3.63, 3.8) is 0 Å². The summed E-state index contributed by atoms with van der Waals surface area (Å²) in [5.74, 6) is 0. The summed E-state index contributed by atoms with van der Waals surface area (Å²) in [6, 6.07) is 7.00. The zero-order valence-electron chi connectivity index (χ0n) is 11.2. The van der Waals surface area contributed by atoms with Gasteiger partial charge in [0, 0.05) is 48.9 Å². The highest BCUT2D eigenvalue weighted by Gasteiger charge is 2.16. The van der Waals surface area contributed by atoms with E-state index in [0.717, 1.165) is 37.2 Å². The quantitative estimate of drug-likeness (QED) is 0.894. The highest BCUT2D eigenvalue weighted by Crippen LogP contribution is 2.23. The van der Waals surface area contributed by atoms with Crippen LogP contribution in [0.5, 0.6) is 0 Å². The number of rotatable bonds is 4. The third-order valence-corrected chi connectivity index (χ3v) is 4.14. The van der Waals surface area contributed by atoms with Gasteiger partial charge >= 0.3 is 0 Å². The van der Waals surface area contributed by atoms with Gasteiger partial charge in [0.15, 0.2) is 0 Å². The van der Waals surface area contributed by atoms with Gasteiger partial charge in [0.25, 0.3) is 0 Å². The predicted octanol–water partition coefficient (Wildman–Crippen LogP) is 2.46. The normalized spacial score (nSPS) is 18.6. The first-order chi connectivity index (χ1) is 8.66. The summed E-state index contributed by atoms with van der Waals surface area (Å²) < 4.78 is 1.15. The maximum absolute atomic E-state index is 3.61. The standard InChI is InChI=1S/C14H22BrN3/c1-11-3-4-14(13(15)9-11)17-10-12(2)18-7-5-16-6-8-18/h3-4,9,12,16-17H,5-8,10H2,1-2H3. The fraction of sp³-hybridized carbons (Fsp3) is 0.571. The molecule has 1 aromatic rings. The second-order valence-corrected chi connectivity index (χ2v) is 5.85. The Morgan fingerprint density at radius 1 is 1.39 bits per heavy atom. The molecule has 1 aliphatic rings. The number of piperazine rings is 1. The van der Waals surface area contributed by atoms with Gasteiger partial charge in [0.05, 0.1) is 0 Å². The van der Waals surface area contributed by atoms with Crippen molar-refractivity contribution in [1.29, 1.82) is 0 Å². The molecule has 0 radical (unpaired) electrons. The van der Waals surface area contributed by atoms with E-state index >= 15 is 0 Å². The molecule has 1 heterocycles. The first kappa shape index (κ1) is 13.8. The summed E-state index contributed by atoms with van der Waals surface area (Å²) in [5, 5.41) is 6.92. The van der Waals surface area contributed by atoms with Crippen LogP contribution in [0.1, 0.15) is 12.5 Å². The SMILES string of the molecule is Cc1ccc(NCC(C)N2CCNCC2)c(Br)c1. The molecule has 0 aliphatic carbocycles. The number of nitrogens with one attached hydrogen (secondary N) is 2. The summed E-state index contributed by atoms with van der Waals surface area (Å²) in [6.07, 6.45) is 0. The van der Waals surface area contributed by atoms with E-state index in [-0.39, 0.29) is 0 Å². The Morgan fingerprint density at radius 3 is 2.78 bits per heavy atom. The molecule has 1 saturated heterocycles. The number of nitrogens with zero attached hydrogens (tertiary/aromatic N) is 1. The number of hydrogen-bond acceptors (Lipinski definition) is 3. The third-order valence-electron chi connectivity index (χ3n) is 3.49. The Labute approximate surface area is 118 Å². The van der Waals surface area contributed by atoms with Gasteiger partial charge in [0.1, 0.15) is 0 Å². The number of hydrogen-bond donors (Lipinski definition) is 2. The van der Waals surface area contributed by atoms with Crippen LogP contribution in [0.4, 0.5) is 5.69 Å². The van der Waals surface area contributed by atoms with Crippen molar-refractivity contribution in [1.82, 2.24) is 10.2 Å². The molecule has 1 aliphatic heterocycles. The van der Waals surface area contributed by atoms with Crippen LogP contribution in [0, 0.1) is 6.92 Å². The molecule has 0 saturated carbocycles. The van der Waals surface area contributed by atoms with Crippen LogP contribution in [0.2, 0.25) is 0 Å². The lowest BCUT2D eigenvalue weighted by atomic mass is 10.2. The van der Waals surface area contributed by atoms with E-state index in [9.17, 15) is 0 Å². The van der Waals surface area contributed by atoms with Gasteiger partial charge in [-0.3, -0.25) is 4.90 Å². The van der Waals surface area contributed by atoms with Gasteiger partial charge in [-0.15, -0.1) is 0 Å². The molecule has 1 fully saturated rings. The molecule has 0 aromatic heterocycles. The Balaban J connectivity index is 1.86. The summed E-state index contributed by atoms with van der Waals surface area (Å²) in [4.78, 5) is 2.53. The molecule has 1 aromatic carbocycles. The van der Waals surface area contributed by atoms with E-state index in [1.54, 1.807) is 0 Å². The van der Waals surface area contributed by atoms with Gasteiger partial charge in [0.2, 0.25) is 0 Å². The lowest BCUT2D eigenvalue weighted by molar-refractivity contribution is 0.191. The average molecular weight is 312 g/mol. The van der Waals surface area contributed by atoms with Crippen molar-refractivity contribution < 1.29 is 0 Å². The van der Waals surface area contributed by atoms with Crippen molar-refractivity contribution in [3.8, 4) is 0 Å². The first-order valence-corrected chi connectivity index (χ1v) is 7.41. The molecule has 1 unspecified atom stereocenters. The van der Waals surface area contributed by atoms with E-state index in [1.165, 1.54) is 11.3 Å². The molecule has 0 spiro atoms. The molecule has 3 nitrogen and oxygen atoms in total. The van der Waals surface area contributed by atoms with Crippen LogP contribution in [-0.2, 0) is 0 Å². The predicted molar refractivity (Wildman–Crippen MR) is 81.3 cm³/mol. The molecule has 18 heavy (non-hydrogen) atoms. The van der Waals surface area contributed by atoms with Gasteiger partial charge in [-0.05, 0) is 47.5 Å². The van der Waals surface area contributed by atoms with E-state index in [0.29, 0.717) is 6.04 Å². The summed E-state index contributed by atoms with van der Waals surface area (Å²) in [7, 11) is 0. The summed E-state index contributed by atoms with van der Waals surface area (Å²) in [5.41, 5.74) is 2.46. The van der Waals surface area contributed by atoms with Gasteiger partial charge < -0.3 is 10.6 Å². The molecular weight excluding hydrogens is 290 g/mol. The zero-order chi connectivity index (χ0) is 13.0. The van der Waals surface area contributed by atoms with Crippen molar-refractivity contribution in [2.45, 2.75) is 19.9 Å². The maximum atomic E-state index is 3.61. The minimum absolute atomic E-state index is 0.570. The fourth-order valence-corrected chi connectivity index (χ4v) is 2.91. The van der Waals surface area contributed by atoms with E-state index < -0.39 is 0 Å². The molecular formula is C14H22BrN3. The maximum Gasteiger partial charge on any atom is 0.0485 e. The van der Waals surface area contributed by atoms with Gasteiger partial charge in [-0.2, -0.15) is 0 Å². The van der Waals surface area contributed by atoms with Crippen molar-refractivity contribution in [2.75, 3.05) is 38.0 Å². The molecule has 100 valence electrons. The molecule has 0 amide bonds. The van der Waals surface area contributed by atoms with Crippen molar-refractivity contribution in [2.24, 2.45) is 0 Å². The number of anilines is 1. The second-order valence-electron chi connectivity index (χ2n) is 5.00. The van der Waals surface area contributed by atoms with Crippen LogP contribution in [0.3, 0.4) is 0 Å². The minimum atomic E-state index is 0.570. The van der Waals surface area contributed by atoms with Crippen LogP contribution in [0.25, 0.3) is 0 Å². The highest BCUT2D eigenvalue weighted by atomic mass is 79.9. The lowest BCUT2D eigenvalue weighted by Crippen LogP contribution is -2.49. The largest absolute Gasteiger partial charge is 0.383 e. The molecule has 2 rings (SSSR count). The van der Waals surface area contributed by atoms with Gasteiger partial charge in [-0.1, -0.05) is 6.07 Å². The number of aryl methyl sites for hydroxylation is 1. The monoisotopic (exact) mass is 311 g/mol. The Morgan fingerprint density at radius 2 is 2.11 bits per heavy atom. The lowest BCUT2D eigenvalue weighted by Gasteiger charge is -2.33. The van der Waals surface area contributed by atoms with Crippen LogP contribution >= 0.6 is 15.9 Å². The summed E-state index contributed by atoms with van der Waals surface area (Å²) in [6.45, 7) is 9.91. The Kier molecular flexibility index (Phi) is 5.03. The number of benzene rings is 1. The first-order valence-electron chi connectivity index (χ1n) is 6.61. The zero-order valence-corrected chi connectivity index (χ0v) is 12.8. The summed E-state index contributed by atoms with van der Waals surface area (Å²) >= 11 is 3.61. The fourth-order valence-electron chi connectivity index (χ4n) is 2.27. The van der Waals surface area contributed by atoms with Crippen molar-refractivity contribution in [3.05, 3.63) is 28.2 Å². The molecule has 4 heteroatoms. The molecule has 2 N–H and O–H groups in total. The number of halogens is 1. The van der Waals surface area contributed by atoms with Crippen LogP contribution < -0.4 is 10.6 Å². The smallest absolute Gasteiger partial charge is 0.0485 e. The Hall–Kier alpha value is -0.580.